The number of amides is 1. The summed E-state index contributed by atoms with van der Waals surface area (Å²) in [4.78, 5) is 31.1. The summed E-state index contributed by atoms with van der Waals surface area (Å²) in [6, 6.07) is -1.14. The van der Waals surface area contributed by atoms with Gasteiger partial charge in [0.05, 0.1) is 0 Å². The van der Waals surface area contributed by atoms with Crippen LogP contribution in [0.15, 0.2) is 0 Å². The Hall–Kier alpha value is -2.12. The molecule has 0 unspecified atom stereocenters. The first-order chi connectivity index (χ1) is 7.47. The summed E-state index contributed by atoms with van der Waals surface area (Å²) < 4.78 is 0. The van der Waals surface area contributed by atoms with E-state index in [2.05, 4.69) is 5.32 Å². The van der Waals surface area contributed by atoms with Gasteiger partial charge in [-0.25, -0.2) is 4.79 Å². The van der Waals surface area contributed by atoms with E-state index in [0.29, 0.717) is 13.0 Å². The highest BCUT2D eigenvalue weighted by molar-refractivity contribution is 6.24. The average molecular weight is 229 g/mol. The molecule has 0 aliphatic rings. The molecule has 0 spiro atoms. The number of carbonyl (C=O) groups excluding carboxylic acids is 2. The molecule has 0 saturated carbocycles. The van der Waals surface area contributed by atoms with Gasteiger partial charge >= 0.3 is 5.97 Å². The Kier molecular flexibility index (Phi) is 6.25. The highest BCUT2D eigenvalue weighted by atomic mass is 16.4. The number of hydrogen-bond donors (Lipinski definition) is 5. The van der Waals surface area contributed by atoms with E-state index in [1.54, 1.807) is 0 Å². The molecule has 6 N–H and O–H groups in total. The van der Waals surface area contributed by atoms with Crippen LogP contribution in [0, 0.1) is 5.41 Å². The van der Waals surface area contributed by atoms with Crippen molar-refractivity contribution in [2.45, 2.75) is 18.9 Å². The van der Waals surface area contributed by atoms with Gasteiger partial charge in [0.2, 0.25) is 0 Å². The van der Waals surface area contributed by atoms with E-state index >= 15 is 0 Å². The van der Waals surface area contributed by atoms with Gasteiger partial charge < -0.3 is 21.5 Å². The Morgan fingerprint density at radius 3 is 2.56 bits per heavy atom. The summed E-state index contributed by atoms with van der Waals surface area (Å²) in [7, 11) is 0. The monoisotopic (exact) mass is 229 g/mol. The van der Waals surface area contributed by atoms with Crippen LogP contribution < -0.4 is 16.4 Å². The molecular formula is C8H13N4O4. The molecule has 89 valence electrons. The summed E-state index contributed by atoms with van der Waals surface area (Å²) in [5.41, 5.74) is 5.01. The standard InChI is InChI=1S/C8H13N4O4/c9-8(10)11-3-1-2-5(7(15)16)12-6(14)4-13/h5H,1-3H2,(H,12,14)(H,15,16)(H4,9,10,11)/t5-/m0/s1. The van der Waals surface area contributed by atoms with Gasteiger partial charge in [0.25, 0.3) is 12.2 Å². The molecule has 0 aromatic heterocycles. The number of nitrogens with one attached hydrogen (secondary N) is 3. The largest absolute Gasteiger partial charge is 0.480 e. The minimum absolute atomic E-state index is 0.128. The number of carboxylic acids is 1. The third kappa shape index (κ3) is 6.35. The molecule has 0 heterocycles. The summed E-state index contributed by atoms with van der Waals surface area (Å²) >= 11 is 0. The van der Waals surface area contributed by atoms with Crippen molar-refractivity contribution in [2.24, 2.45) is 5.73 Å². The van der Waals surface area contributed by atoms with Crippen molar-refractivity contribution in [1.29, 1.82) is 5.41 Å². The Labute approximate surface area is 91.7 Å². The summed E-state index contributed by atoms with van der Waals surface area (Å²) in [5, 5.41) is 20.0. The summed E-state index contributed by atoms with van der Waals surface area (Å²) in [6.45, 7) is 0.319. The number of carboxylic acid groups (broad SMARTS) is 1. The molecule has 0 aromatic carbocycles. The maximum absolute atomic E-state index is 10.6. The Bertz CT molecular complexity index is 292. The van der Waals surface area contributed by atoms with Crippen LogP contribution in [0.5, 0.6) is 0 Å². The van der Waals surface area contributed by atoms with Gasteiger partial charge in [-0.15, -0.1) is 0 Å². The smallest absolute Gasteiger partial charge is 0.326 e. The third-order valence-corrected chi connectivity index (χ3v) is 1.68. The lowest BCUT2D eigenvalue weighted by Crippen LogP contribution is -2.42. The lowest BCUT2D eigenvalue weighted by Gasteiger charge is -2.12. The molecule has 0 bridgehead atoms. The summed E-state index contributed by atoms with van der Waals surface area (Å²) in [5.74, 6) is -2.53. The van der Waals surface area contributed by atoms with Crippen LogP contribution >= 0.6 is 0 Å². The Balaban J connectivity index is 3.95. The fraction of sp³-hybridized carbons (Fsp3) is 0.500. The first kappa shape index (κ1) is 13.9. The third-order valence-electron chi connectivity index (χ3n) is 1.68. The first-order valence-electron chi connectivity index (χ1n) is 4.46. The summed E-state index contributed by atoms with van der Waals surface area (Å²) in [6.07, 6.45) is 1.54. The number of guanidine groups is 1. The van der Waals surface area contributed by atoms with Gasteiger partial charge in [0, 0.05) is 6.54 Å². The number of hydrogen-bond acceptors (Lipinski definition) is 4. The molecule has 1 amide bonds. The van der Waals surface area contributed by atoms with Crippen LogP contribution in [0.25, 0.3) is 0 Å². The van der Waals surface area contributed by atoms with Crippen molar-refractivity contribution in [1.82, 2.24) is 10.6 Å². The minimum atomic E-state index is -1.23. The number of aliphatic carboxylic acids is 1. The van der Waals surface area contributed by atoms with Gasteiger partial charge in [0.15, 0.2) is 5.96 Å². The molecule has 8 heteroatoms. The van der Waals surface area contributed by atoms with Gasteiger partial charge in [-0.3, -0.25) is 15.0 Å². The first-order valence-corrected chi connectivity index (χ1v) is 4.46. The highest BCUT2D eigenvalue weighted by Gasteiger charge is 2.19. The molecule has 0 aliphatic heterocycles. The lowest BCUT2D eigenvalue weighted by atomic mass is 10.1. The number of carbonyl (C=O) groups is 2. The van der Waals surface area contributed by atoms with E-state index < -0.39 is 17.9 Å². The predicted molar refractivity (Wildman–Crippen MR) is 54.4 cm³/mol. The fourth-order valence-electron chi connectivity index (χ4n) is 0.974. The zero-order chi connectivity index (χ0) is 12.6. The van der Waals surface area contributed by atoms with Crippen LogP contribution in [0.4, 0.5) is 0 Å². The van der Waals surface area contributed by atoms with Crippen molar-refractivity contribution >= 4 is 24.1 Å². The van der Waals surface area contributed by atoms with Crippen molar-refractivity contribution < 1.29 is 19.5 Å². The lowest BCUT2D eigenvalue weighted by molar-refractivity contribution is -0.141. The van der Waals surface area contributed by atoms with Crippen LogP contribution in [0.1, 0.15) is 12.8 Å². The topological polar surface area (TPSA) is 145 Å². The maximum atomic E-state index is 10.6. The van der Waals surface area contributed by atoms with Crippen LogP contribution in [-0.4, -0.2) is 41.8 Å². The molecule has 0 saturated heterocycles. The van der Waals surface area contributed by atoms with E-state index in [1.807, 2.05) is 5.32 Å². The van der Waals surface area contributed by atoms with Crippen molar-refractivity contribution in [3.05, 3.63) is 0 Å². The maximum Gasteiger partial charge on any atom is 0.326 e. The van der Waals surface area contributed by atoms with Crippen molar-refractivity contribution in [3.8, 4) is 0 Å². The second-order valence-corrected chi connectivity index (χ2v) is 2.95. The van der Waals surface area contributed by atoms with Gasteiger partial charge in [0.1, 0.15) is 6.04 Å². The Morgan fingerprint density at radius 2 is 2.12 bits per heavy atom. The van der Waals surface area contributed by atoms with Crippen molar-refractivity contribution in [3.63, 3.8) is 0 Å². The van der Waals surface area contributed by atoms with Gasteiger partial charge in [-0.2, -0.15) is 0 Å². The van der Waals surface area contributed by atoms with E-state index in [1.165, 1.54) is 0 Å². The number of rotatable bonds is 7. The fourth-order valence-corrected chi connectivity index (χ4v) is 0.974. The molecule has 0 fully saturated rings. The predicted octanol–water partition coefficient (Wildman–Crippen LogP) is -2.07. The quantitative estimate of drug-likeness (QED) is 0.147. The molecule has 0 aliphatic carbocycles. The van der Waals surface area contributed by atoms with Gasteiger partial charge in [-0.1, -0.05) is 0 Å². The van der Waals surface area contributed by atoms with Crippen molar-refractivity contribution in [2.75, 3.05) is 6.54 Å². The molecular weight excluding hydrogens is 216 g/mol. The van der Waals surface area contributed by atoms with Crippen LogP contribution in [0.2, 0.25) is 0 Å². The zero-order valence-electron chi connectivity index (χ0n) is 8.45. The normalized spacial score (nSPS) is 11.2. The van der Waals surface area contributed by atoms with Crippen LogP contribution in [-0.2, 0) is 14.4 Å². The average Bonchev–Trinajstić information content (AvgIpc) is 2.21. The number of nitrogens with two attached hydrogens (primary N) is 1. The SMILES string of the molecule is N=C(N)NCCC[C@H](NC(=O)[C]=O)C(=O)O. The van der Waals surface area contributed by atoms with Crippen LogP contribution in [0.3, 0.4) is 0 Å². The molecule has 16 heavy (non-hydrogen) atoms. The molecule has 1 atom stereocenters. The van der Waals surface area contributed by atoms with E-state index in [9.17, 15) is 14.4 Å². The van der Waals surface area contributed by atoms with Gasteiger partial charge in [-0.05, 0) is 12.8 Å². The second-order valence-electron chi connectivity index (χ2n) is 2.95. The molecule has 8 nitrogen and oxygen atoms in total. The van der Waals surface area contributed by atoms with E-state index in [4.69, 9.17) is 16.2 Å². The Morgan fingerprint density at radius 1 is 1.50 bits per heavy atom. The van der Waals surface area contributed by atoms with E-state index in [0.717, 1.165) is 6.29 Å². The molecule has 0 rings (SSSR count). The molecule has 0 aromatic rings. The second kappa shape index (κ2) is 7.21. The van der Waals surface area contributed by atoms with E-state index in [-0.39, 0.29) is 12.4 Å². The molecule has 1 radical (unpaired) electrons. The minimum Gasteiger partial charge on any atom is -0.480 e. The highest BCUT2D eigenvalue weighted by Crippen LogP contribution is 1.96. The zero-order valence-corrected chi connectivity index (χ0v) is 8.45.